The smallest absolute Gasteiger partial charge is 0.341 e. The summed E-state index contributed by atoms with van der Waals surface area (Å²) in [5, 5.41) is 0. The van der Waals surface area contributed by atoms with Crippen molar-refractivity contribution < 1.29 is 23.7 Å². The van der Waals surface area contributed by atoms with Gasteiger partial charge in [-0.2, -0.15) is 0 Å². The van der Waals surface area contributed by atoms with Crippen LogP contribution in [-0.4, -0.2) is 37.7 Å². The lowest BCUT2D eigenvalue weighted by Gasteiger charge is -2.12. The molecule has 6 heteroatoms. The standard InChI is InChI=1S/C26H29NO5.CH4/c1-6-30-21-10-8-9-19(13-21)24-16-27(15-23(24)18(3)4)20-11-12-22(26(28)31-7-2)25(14-20)32-17-29-5;/h8-16H,3,6-7,17H2,1-2,4-5H3;1H4. The van der Waals surface area contributed by atoms with Gasteiger partial charge in [0.1, 0.15) is 17.1 Å². The Morgan fingerprint density at radius 2 is 1.79 bits per heavy atom. The van der Waals surface area contributed by atoms with Crippen LogP contribution < -0.4 is 9.47 Å². The molecule has 0 fully saturated rings. The third-order valence-electron chi connectivity index (χ3n) is 4.83. The van der Waals surface area contributed by atoms with E-state index in [-0.39, 0.29) is 20.8 Å². The van der Waals surface area contributed by atoms with Gasteiger partial charge in [-0.15, -0.1) is 0 Å². The molecule has 2 aromatic carbocycles. The second-order valence-corrected chi connectivity index (χ2v) is 7.19. The summed E-state index contributed by atoms with van der Waals surface area (Å²) < 4.78 is 23.5. The van der Waals surface area contributed by atoms with Crippen LogP contribution in [-0.2, 0) is 9.47 Å². The van der Waals surface area contributed by atoms with Crippen LogP contribution in [0.2, 0.25) is 0 Å². The maximum Gasteiger partial charge on any atom is 0.341 e. The fourth-order valence-electron chi connectivity index (χ4n) is 3.38. The first-order valence-electron chi connectivity index (χ1n) is 10.5. The minimum absolute atomic E-state index is 0. The molecule has 0 aliphatic carbocycles. The van der Waals surface area contributed by atoms with Gasteiger partial charge in [0.25, 0.3) is 0 Å². The van der Waals surface area contributed by atoms with Gasteiger partial charge in [-0.1, -0.05) is 26.1 Å². The van der Waals surface area contributed by atoms with Crippen LogP contribution in [0.5, 0.6) is 11.5 Å². The van der Waals surface area contributed by atoms with Crippen molar-refractivity contribution in [2.24, 2.45) is 0 Å². The third-order valence-corrected chi connectivity index (χ3v) is 4.83. The van der Waals surface area contributed by atoms with E-state index in [2.05, 4.69) is 6.58 Å². The van der Waals surface area contributed by atoms with Gasteiger partial charge in [0, 0.05) is 42.4 Å². The Bertz CT molecular complexity index is 1100. The van der Waals surface area contributed by atoms with Gasteiger partial charge in [-0.05, 0) is 56.2 Å². The SMILES string of the molecule is C.C=C(C)c1cn(-c2ccc(C(=O)OCC)c(OCOC)c2)cc1-c1cccc(OCC)c1. The summed E-state index contributed by atoms with van der Waals surface area (Å²) >= 11 is 0. The average Bonchev–Trinajstić information content (AvgIpc) is 3.24. The van der Waals surface area contributed by atoms with Crippen molar-refractivity contribution in [3.8, 4) is 28.3 Å². The zero-order valence-corrected chi connectivity index (χ0v) is 19.0. The predicted octanol–water partition coefficient (Wildman–Crippen LogP) is 6.37. The highest BCUT2D eigenvalue weighted by atomic mass is 16.7. The number of rotatable bonds is 10. The van der Waals surface area contributed by atoms with Crippen LogP contribution in [0.4, 0.5) is 0 Å². The molecule has 0 bridgehead atoms. The normalized spacial score (nSPS) is 10.3. The number of carbonyl (C=O) groups excluding carboxylic acids is 1. The highest BCUT2D eigenvalue weighted by Gasteiger charge is 2.17. The lowest BCUT2D eigenvalue weighted by atomic mass is 10.0. The Morgan fingerprint density at radius 3 is 2.45 bits per heavy atom. The molecule has 176 valence electrons. The molecule has 1 aromatic heterocycles. The zero-order chi connectivity index (χ0) is 23.1. The molecular weight excluding hydrogens is 418 g/mol. The maximum atomic E-state index is 12.3. The van der Waals surface area contributed by atoms with Gasteiger partial charge in [0.15, 0.2) is 6.79 Å². The van der Waals surface area contributed by atoms with E-state index >= 15 is 0 Å². The molecular formula is C27H33NO5. The third kappa shape index (κ3) is 6.05. The van der Waals surface area contributed by atoms with Crippen LogP contribution in [0.25, 0.3) is 22.4 Å². The predicted molar refractivity (Wildman–Crippen MR) is 132 cm³/mol. The molecule has 0 radical (unpaired) electrons. The molecule has 6 nitrogen and oxygen atoms in total. The van der Waals surface area contributed by atoms with Crippen molar-refractivity contribution in [3.05, 3.63) is 72.6 Å². The van der Waals surface area contributed by atoms with Gasteiger partial charge in [0.2, 0.25) is 0 Å². The summed E-state index contributed by atoms with van der Waals surface area (Å²) in [6.07, 6.45) is 4.05. The molecule has 3 aromatic rings. The van der Waals surface area contributed by atoms with E-state index in [1.54, 1.807) is 19.1 Å². The molecule has 0 saturated carbocycles. The number of methoxy groups -OCH3 is 1. The van der Waals surface area contributed by atoms with E-state index in [1.165, 1.54) is 7.11 Å². The number of carbonyl (C=O) groups is 1. The molecule has 0 aliphatic rings. The number of esters is 1. The summed E-state index contributed by atoms with van der Waals surface area (Å²) in [6, 6.07) is 13.3. The lowest BCUT2D eigenvalue weighted by molar-refractivity contribution is 0.0438. The monoisotopic (exact) mass is 451 g/mol. The van der Waals surface area contributed by atoms with E-state index < -0.39 is 5.97 Å². The number of benzene rings is 2. The summed E-state index contributed by atoms with van der Waals surface area (Å²) in [7, 11) is 1.53. The second kappa shape index (κ2) is 11.9. The maximum absolute atomic E-state index is 12.3. The fourth-order valence-corrected chi connectivity index (χ4v) is 3.38. The Labute approximate surface area is 196 Å². The molecule has 1 heterocycles. The highest BCUT2D eigenvalue weighted by molar-refractivity contribution is 5.93. The molecule has 0 amide bonds. The minimum atomic E-state index is -0.436. The number of aromatic nitrogens is 1. The number of hydrogen-bond acceptors (Lipinski definition) is 5. The first kappa shape index (κ1) is 25.7. The van der Waals surface area contributed by atoms with Gasteiger partial charge in [-0.25, -0.2) is 4.79 Å². The Balaban J connectivity index is 0.00000385. The number of hydrogen-bond donors (Lipinski definition) is 0. The van der Waals surface area contributed by atoms with Crippen LogP contribution in [0.1, 0.15) is 44.1 Å². The van der Waals surface area contributed by atoms with Gasteiger partial charge in [0.05, 0.1) is 13.2 Å². The van der Waals surface area contributed by atoms with E-state index in [0.29, 0.717) is 17.9 Å². The molecule has 3 rings (SSSR count). The highest BCUT2D eigenvalue weighted by Crippen LogP contribution is 2.33. The van der Waals surface area contributed by atoms with Crippen molar-refractivity contribution >= 4 is 11.5 Å². The van der Waals surface area contributed by atoms with Crippen molar-refractivity contribution in [1.82, 2.24) is 4.57 Å². The summed E-state index contributed by atoms with van der Waals surface area (Å²) in [5.41, 5.74) is 5.22. The zero-order valence-electron chi connectivity index (χ0n) is 19.0. The minimum Gasteiger partial charge on any atom is -0.494 e. The molecule has 0 saturated heterocycles. The molecule has 0 aliphatic heterocycles. The molecule has 0 N–H and O–H groups in total. The van der Waals surface area contributed by atoms with Crippen molar-refractivity contribution in [1.29, 1.82) is 0 Å². The van der Waals surface area contributed by atoms with E-state index in [9.17, 15) is 4.79 Å². The van der Waals surface area contributed by atoms with Gasteiger partial charge >= 0.3 is 5.97 Å². The van der Waals surface area contributed by atoms with Crippen molar-refractivity contribution in [3.63, 3.8) is 0 Å². The van der Waals surface area contributed by atoms with E-state index in [0.717, 1.165) is 33.7 Å². The van der Waals surface area contributed by atoms with E-state index in [4.69, 9.17) is 18.9 Å². The molecule has 0 spiro atoms. The summed E-state index contributed by atoms with van der Waals surface area (Å²) in [6.45, 7) is 10.8. The second-order valence-electron chi connectivity index (χ2n) is 7.19. The summed E-state index contributed by atoms with van der Waals surface area (Å²) in [4.78, 5) is 12.3. The summed E-state index contributed by atoms with van der Waals surface area (Å²) in [5.74, 6) is 0.779. The fraction of sp³-hybridized carbons (Fsp3) is 0.296. The van der Waals surface area contributed by atoms with Crippen LogP contribution in [0.15, 0.2) is 61.4 Å². The largest absolute Gasteiger partial charge is 0.494 e. The Kier molecular flexibility index (Phi) is 9.30. The number of ether oxygens (including phenoxy) is 4. The molecule has 0 atom stereocenters. The Morgan fingerprint density at radius 1 is 1.00 bits per heavy atom. The molecule has 0 unspecified atom stereocenters. The van der Waals surface area contributed by atoms with Crippen LogP contribution in [0, 0.1) is 0 Å². The quantitative estimate of drug-likeness (QED) is 0.265. The number of nitrogens with zero attached hydrogens (tertiary/aromatic N) is 1. The van der Waals surface area contributed by atoms with E-state index in [1.807, 2.05) is 61.1 Å². The van der Waals surface area contributed by atoms with Crippen molar-refractivity contribution in [2.45, 2.75) is 28.2 Å². The van der Waals surface area contributed by atoms with Crippen LogP contribution >= 0.6 is 0 Å². The van der Waals surface area contributed by atoms with Crippen molar-refractivity contribution in [2.75, 3.05) is 27.1 Å². The first-order chi connectivity index (χ1) is 15.5. The lowest BCUT2D eigenvalue weighted by Crippen LogP contribution is -2.10. The van der Waals surface area contributed by atoms with Crippen LogP contribution in [0.3, 0.4) is 0 Å². The average molecular weight is 452 g/mol. The topological polar surface area (TPSA) is 58.9 Å². The molecule has 33 heavy (non-hydrogen) atoms. The first-order valence-corrected chi connectivity index (χ1v) is 10.5. The van der Waals surface area contributed by atoms with Gasteiger partial charge in [-0.3, -0.25) is 0 Å². The van der Waals surface area contributed by atoms with Gasteiger partial charge < -0.3 is 23.5 Å². The number of allylic oxidation sites excluding steroid dienone is 1. The Hall–Kier alpha value is -3.51.